The first-order valence-corrected chi connectivity index (χ1v) is 8.75. The Kier molecular flexibility index (Phi) is 3.83. The van der Waals surface area contributed by atoms with Crippen LogP contribution in [0.2, 0.25) is 0 Å². The lowest BCUT2D eigenvalue weighted by Crippen LogP contribution is -2.45. The van der Waals surface area contributed by atoms with E-state index >= 15 is 0 Å². The lowest BCUT2D eigenvalue weighted by atomic mass is 10.1. The molecule has 3 rings (SSSR count). The number of aromatic nitrogens is 1. The van der Waals surface area contributed by atoms with Crippen LogP contribution in [0.1, 0.15) is 31.4 Å². The lowest BCUT2D eigenvalue weighted by Gasteiger charge is -2.33. The van der Waals surface area contributed by atoms with Crippen molar-refractivity contribution in [2.45, 2.75) is 37.0 Å². The molecule has 2 heterocycles. The molecule has 112 valence electrons. The number of hydrogen-bond acceptors (Lipinski definition) is 5. The Labute approximate surface area is 124 Å². The summed E-state index contributed by atoms with van der Waals surface area (Å²) in [6, 6.07) is 5.63. The summed E-state index contributed by atoms with van der Waals surface area (Å²) < 4.78 is 26.7. The van der Waals surface area contributed by atoms with E-state index in [1.165, 1.54) is 0 Å². The van der Waals surface area contributed by atoms with Gasteiger partial charge in [0.25, 0.3) is 0 Å². The summed E-state index contributed by atoms with van der Waals surface area (Å²) >= 11 is 0. The fourth-order valence-electron chi connectivity index (χ4n) is 2.60. The predicted molar refractivity (Wildman–Crippen MR) is 79.3 cm³/mol. The van der Waals surface area contributed by atoms with E-state index in [9.17, 15) is 8.42 Å². The molecule has 7 heteroatoms. The molecule has 0 atom stereocenters. The molecule has 6 nitrogen and oxygen atoms in total. The largest absolute Gasteiger partial charge is 0.370 e. The van der Waals surface area contributed by atoms with Crippen LogP contribution in [0, 0.1) is 11.3 Å². The van der Waals surface area contributed by atoms with E-state index in [0.717, 1.165) is 44.5 Å². The normalized spacial score (nSPS) is 20.2. The zero-order valence-corrected chi connectivity index (χ0v) is 12.5. The fraction of sp³-hybridized carbons (Fsp3) is 0.571. The number of anilines is 1. The third kappa shape index (κ3) is 3.34. The van der Waals surface area contributed by atoms with Crippen molar-refractivity contribution in [3.8, 4) is 6.07 Å². The van der Waals surface area contributed by atoms with Gasteiger partial charge in [0.2, 0.25) is 10.0 Å². The van der Waals surface area contributed by atoms with Gasteiger partial charge in [-0.3, -0.25) is 0 Å². The maximum absolute atomic E-state index is 11.9. The van der Waals surface area contributed by atoms with Crippen LogP contribution in [-0.2, 0) is 10.0 Å². The van der Waals surface area contributed by atoms with E-state index in [1.807, 2.05) is 12.1 Å². The molecule has 1 aromatic heterocycles. The number of hydrogen-bond donors (Lipinski definition) is 1. The Morgan fingerprint density at radius 1 is 1.24 bits per heavy atom. The first kappa shape index (κ1) is 14.3. The van der Waals surface area contributed by atoms with Gasteiger partial charge in [-0.2, -0.15) is 5.26 Å². The number of pyridine rings is 1. The smallest absolute Gasteiger partial charge is 0.214 e. The number of nitriles is 1. The van der Waals surface area contributed by atoms with Gasteiger partial charge in [0.15, 0.2) is 0 Å². The van der Waals surface area contributed by atoms with Gasteiger partial charge in [0, 0.05) is 19.1 Å². The summed E-state index contributed by atoms with van der Waals surface area (Å²) in [5, 5.41) is 8.59. The quantitative estimate of drug-likeness (QED) is 0.897. The van der Waals surface area contributed by atoms with Crippen LogP contribution >= 0.6 is 0 Å². The van der Waals surface area contributed by atoms with Crippen LogP contribution in [-0.4, -0.2) is 37.8 Å². The zero-order valence-electron chi connectivity index (χ0n) is 11.7. The first-order valence-electron chi connectivity index (χ1n) is 7.21. The zero-order chi connectivity index (χ0) is 14.9. The Morgan fingerprint density at radius 3 is 2.48 bits per heavy atom. The highest BCUT2D eigenvalue weighted by Crippen LogP contribution is 2.28. The summed E-state index contributed by atoms with van der Waals surface area (Å²) in [4.78, 5) is 6.24. The van der Waals surface area contributed by atoms with Crippen molar-refractivity contribution in [2.24, 2.45) is 0 Å². The summed E-state index contributed by atoms with van der Waals surface area (Å²) in [6.07, 6.45) is 4.89. The highest BCUT2D eigenvalue weighted by Gasteiger charge is 2.37. The van der Waals surface area contributed by atoms with Gasteiger partial charge in [-0.15, -0.1) is 0 Å². The molecular formula is C14H18N4O2S. The molecule has 0 amide bonds. The van der Waals surface area contributed by atoms with Gasteiger partial charge in [-0.05, 0) is 37.8 Å². The number of sulfonamides is 1. The van der Waals surface area contributed by atoms with Crippen molar-refractivity contribution in [2.75, 3.05) is 18.0 Å². The van der Waals surface area contributed by atoms with Gasteiger partial charge < -0.3 is 4.90 Å². The van der Waals surface area contributed by atoms with E-state index in [2.05, 4.69) is 14.6 Å². The maximum atomic E-state index is 11.9. The number of piperidine rings is 1. The first-order chi connectivity index (χ1) is 10.1. The maximum Gasteiger partial charge on any atom is 0.214 e. The monoisotopic (exact) mass is 306 g/mol. The van der Waals surface area contributed by atoms with Crippen molar-refractivity contribution in [1.29, 1.82) is 5.26 Å². The Morgan fingerprint density at radius 2 is 1.95 bits per heavy atom. The highest BCUT2D eigenvalue weighted by atomic mass is 32.2. The second-order valence-electron chi connectivity index (χ2n) is 5.64. The molecule has 21 heavy (non-hydrogen) atoms. The van der Waals surface area contributed by atoms with Crippen LogP contribution in [0.5, 0.6) is 0 Å². The van der Waals surface area contributed by atoms with Gasteiger partial charge in [0.05, 0.1) is 17.1 Å². The Bertz CT molecular complexity index is 639. The molecule has 0 radical (unpaired) electrons. The van der Waals surface area contributed by atoms with Crippen molar-refractivity contribution in [3.05, 3.63) is 24.0 Å². The van der Waals surface area contributed by atoms with Crippen LogP contribution in [0.3, 0.4) is 0 Å². The van der Waals surface area contributed by atoms with Crippen LogP contribution in [0.4, 0.5) is 5.69 Å². The minimum absolute atomic E-state index is 0.0400. The van der Waals surface area contributed by atoms with E-state index < -0.39 is 10.0 Å². The Hall–Kier alpha value is -1.65. The molecule has 1 aliphatic carbocycles. The number of nitrogens with one attached hydrogen (secondary N) is 1. The second-order valence-corrected chi connectivity index (χ2v) is 7.63. The van der Waals surface area contributed by atoms with Gasteiger partial charge in [-0.1, -0.05) is 0 Å². The molecule has 0 aromatic carbocycles. The molecule has 1 saturated carbocycles. The number of nitrogens with zero attached hydrogens (tertiary/aromatic N) is 3. The van der Waals surface area contributed by atoms with Crippen molar-refractivity contribution in [3.63, 3.8) is 0 Å². The molecule has 0 unspecified atom stereocenters. The minimum Gasteiger partial charge on any atom is -0.370 e. The third-order valence-corrected chi connectivity index (χ3v) is 6.03. The summed E-state index contributed by atoms with van der Waals surface area (Å²) in [5.41, 5.74) is 1.39. The average Bonchev–Trinajstić information content (AvgIpc) is 3.33. The molecule has 0 bridgehead atoms. The van der Waals surface area contributed by atoms with E-state index in [-0.39, 0.29) is 11.3 Å². The summed E-state index contributed by atoms with van der Waals surface area (Å²) in [5.74, 6) is 0. The van der Waals surface area contributed by atoms with Crippen LogP contribution in [0.25, 0.3) is 0 Å². The molecule has 0 spiro atoms. The molecule has 1 aromatic rings. The SMILES string of the molecule is N#Cc1ccc(N2CCC(NS(=O)(=O)C3CC3)CC2)cn1. The van der Waals surface area contributed by atoms with Crippen LogP contribution in [0.15, 0.2) is 18.3 Å². The average molecular weight is 306 g/mol. The molecule has 2 fully saturated rings. The van der Waals surface area contributed by atoms with Gasteiger partial charge >= 0.3 is 0 Å². The summed E-state index contributed by atoms with van der Waals surface area (Å²) in [7, 11) is -3.09. The van der Waals surface area contributed by atoms with Crippen LogP contribution < -0.4 is 9.62 Å². The predicted octanol–water partition coefficient (Wildman–Crippen LogP) is 1.00. The van der Waals surface area contributed by atoms with E-state index in [0.29, 0.717) is 5.69 Å². The Balaban J connectivity index is 1.56. The molecule has 1 N–H and O–H groups in total. The van der Waals surface area contributed by atoms with Crippen molar-refractivity contribution in [1.82, 2.24) is 9.71 Å². The molecule has 1 saturated heterocycles. The topological polar surface area (TPSA) is 86.1 Å². The minimum atomic E-state index is -3.09. The summed E-state index contributed by atoms with van der Waals surface area (Å²) in [6.45, 7) is 1.59. The van der Waals surface area contributed by atoms with Crippen molar-refractivity contribution >= 4 is 15.7 Å². The standard InChI is InChI=1S/C14H18N4O2S/c15-9-12-1-2-13(10-16-12)18-7-5-11(6-8-18)17-21(19,20)14-3-4-14/h1-2,10-11,14,17H,3-8H2. The second kappa shape index (κ2) is 5.62. The van der Waals surface area contributed by atoms with Gasteiger partial charge in [-0.25, -0.2) is 18.1 Å². The molecule has 2 aliphatic rings. The fourth-order valence-corrected chi connectivity index (χ4v) is 4.25. The number of rotatable bonds is 4. The van der Waals surface area contributed by atoms with Crippen molar-refractivity contribution < 1.29 is 8.42 Å². The lowest BCUT2D eigenvalue weighted by molar-refractivity contribution is 0.459. The third-order valence-electron chi connectivity index (χ3n) is 4.02. The molecular weight excluding hydrogens is 288 g/mol. The van der Waals surface area contributed by atoms with E-state index in [1.54, 1.807) is 12.3 Å². The van der Waals surface area contributed by atoms with Gasteiger partial charge in [0.1, 0.15) is 11.8 Å². The van der Waals surface area contributed by atoms with E-state index in [4.69, 9.17) is 5.26 Å². The highest BCUT2D eigenvalue weighted by molar-refractivity contribution is 7.90. The molecule has 1 aliphatic heterocycles.